The Labute approximate surface area is 155 Å². The first-order valence-electron chi connectivity index (χ1n) is 8.28. The number of rotatable bonds is 4. The van der Waals surface area contributed by atoms with Crippen molar-refractivity contribution in [2.45, 2.75) is 12.8 Å². The number of hydrogen-bond acceptors (Lipinski definition) is 6. The number of anilines is 1. The SMILES string of the molecule is N#Cc1cccc(-c2ccc(F)nc2)c1N1CCC(C(=N)SC=N)CC1. The summed E-state index contributed by atoms with van der Waals surface area (Å²) in [5, 5.41) is 25.2. The lowest BCUT2D eigenvalue weighted by Crippen LogP contribution is -2.36. The lowest BCUT2D eigenvalue weighted by Gasteiger charge is -2.35. The van der Waals surface area contributed by atoms with E-state index in [2.05, 4.69) is 16.0 Å². The summed E-state index contributed by atoms with van der Waals surface area (Å²) in [5.74, 6) is -0.377. The van der Waals surface area contributed by atoms with Crippen molar-refractivity contribution in [2.24, 2.45) is 5.92 Å². The summed E-state index contributed by atoms with van der Waals surface area (Å²) in [7, 11) is 0. The molecule has 2 heterocycles. The van der Waals surface area contributed by atoms with Crippen LogP contribution in [-0.2, 0) is 0 Å². The molecule has 3 rings (SSSR count). The summed E-state index contributed by atoms with van der Waals surface area (Å²) >= 11 is 1.15. The highest BCUT2D eigenvalue weighted by Crippen LogP contribution is 2.36. The number of nitriles is 1. The van der Waals surface area contributed by atoms with E-state index in [1.54, 1.807) is 12.1 Å². The molecule has 0 amide bonds. The number of nitrogens with zero attached hydrogens (tertiary/aromatic N) is 3. The maximum Gasteiger partial charge on any atom is 0.212 e. The first kappa shape index (κ1) is 18.1. The number of aromatic nitrogens is 1. The maximum absolute atomic E-state index is 13.2. The minimum absolute atomic E-state index is 0.156. The smallest absolute Gasteiger partial charge is 0.212 e. The first-order chi connectivity index (χ1) is 12.6. The number of piperidine rings is 1. The third-order valence-corrected chi connectivity index (χ3v) is 5.27. The Morgan fingerprint density at radius 1 is 1.31 bits per heavy atom. The van der Waals surface area contributed by atoms with Gasteiger partial charge in [0, 0.05) is 36.3 Å². The molecule has 132 valence electrons. The molecule has 0 spiro atoms. The Kier molecular flexibility index (Phi) is 5.64. The van der Waals surface area contributed by atoms with Crippen LogP contribution in [0.15, 0.2) is 36.5 Å². The summed E-state index contributed by atoms with van der Waals surface area (Å²) in [6.07, 6.45) is 3.10. The van der Waals surface area contributed by atoms with Gasteiger partial charge in [-0.15, -0.1) is 0 Å². The molecule has 0 saturated carbocycles. The Morgan fingerprint density at radius 3 is 2.69 bits per heavy atom. The maximum atomic E-state index is 13.2. The van der Waals surface area contributed by atoms with Crippen molar-refractivity contribution in [3.8, 4) is 17.2 Å². The second kappa shape index (κ2) is 8.11. The van der Waals surface area contributed by atoms with Gasteiger partial charge in [-0.25, -0.2) is 4.98 Å². The van der Waals surface area contributed by atoms with Crippen molar-refractivity contribution < 1.29 is 4.39 Å². The molecule has 1 aliphatic heterocycles. The van der Waals surface area contributed by atoms with E-state index in [4.69, 9.17) is 10.8 Å². The van der Waals surface area contributed by atoms with Gasteiger partial charge in [-0.2, -0.15) is 9.65 Å². The van der Waals surface area contributed by atoms with Crippen LogP contribution >= 0.6 is 11.8 Å². The number of para-hydroxylation sites is 1. The fraction of sp³-hybridized carbons (Fsp3) is 0.263. The summed E-state index contributed by atoms with van der Waals surface area (Å²) < 4.78 is 13.2. The van der Waals surface area contributed by atoms with Crippen LogP contribution in [0.2, 0.25) is 0 Å². The third-order valence-electron chi connectivity index (χ3n) is 4.56. The average Bonchev–Trinajstić information content (AvgIpc) is 2.68. The summed E-state index contributed by atoms with van der Waals surface area (Å²) in [6.45, 7) is 1.46. The number of halogens is 1. The largest absolute Gasteiger partial charge is 0.370 e. The van der Waals surface area contributed by atoms with E-state index in [0.29, 0.717) is 10.6 Å². The lowest BCUT2D eigenvalue weighted by atomic mass is 9.94. The van der Waals surface area contributed by atoms with Crippen LogP contribution in [0.3, 0.4) is 0 Å². The van der Waals surface area contributed by atoms with Crippen LogP contribution in [-0.4, -0.2) is 28.7 Å². The molecular weight excluding hydrogens is 349 g/mol. The fourth-order valence-corrected chi connectivity index (χ4v) is 3.82. The van der Waals surface area contributed by atoms with Crippen LogP contribution < -0.4 is 4.90 Å². The van der Waals surface area contributed by atoms with Gasteiger partial charge >= 0.3 is 0 Å². The number of thioether (sulfide) groups is 1. The van der Waals surface area contributed by atoms with E-state index < -0.39 is 5.95 Å². The predicted octanol–water partition coefficient (Wildman–Crippen LogP) is 4.29. The molecule has 2 aromatic rings. The molecule has 7 heteroatoms. The van der Waals surface area contributed by atoms with Gasteiger partial charge in [0.15, 0.2) is 0 Å². The Balaban J connectivity index is 1.90. The molecule has 0 aliphatic carbocycles. The number of pyridine rings is 1. The van der Waals surface area contributed by atoms with E-state index in [1.807, 2.05) is 12.1 Å². The molecule has 0 unspecified atom stereocenters. The van der Waals surface area contributed by atoms with Crippen LogP contribution in [0.1, 0.15) is 18.4 Å². The van der Waals surface area contributed by atoms with E-state index >= 15 is 0 Å². The van der Waals surface area contributed by atoms with Gasteiger partial charge in [0.2, 0.25) is 5.95 Å². The predicted molar refractivity (Wildman–Crippen MR) is 103 cm³/mol. The molecule has 1 aromatic carbocycles. The van der Waals surface area contributed by atoms with Gasteiger partial charge < -0.3 is 10.3 Å². The van der Waals surface area contributed by atoms with E-state index in [9.17, 15) is 9.65 Å². The van der Waals surface area contributed by atoms with Crippen molar-refractivity contribution in [3.63, 3.8) is 0 Å². The summed E-state index contributed by atoms with van der Waals surface area (Å²) in [6, 6.07) is 10.8. The van der Waals surface area contributed by atoms with Gasteiger partial charge in [0.1, 0.15) is 6.07 Å². The minimum atomic E-state index is -0.533. The molecule has 0 atom stereocenters. The lowest BCUT2D eigenvalue weighted by molar-refractivity contribution is 0.505. The molecule has 1 aliphatic rings. The second-order valence-electron chi connectivity index (χ2n) is 6.04. The molecule has 26 heavy (non-hydrogen) atoms. The Bertz CT molecular complexity index is 851. The van der Waals surface area contributed by atoms with Crippen molar-refractivity contribution in [3.05, 3.63) is 48.0 Å². The van der Waals surface area contributed by atoms with E-state index in [0.717, 1.165) is 54.5 Å². The average molecular weight is 367 g/mol. The normalized spacial score (nSPS) is 14.7. The molecule has 0 bridgehead atoms. The highest BCUT2D eigenvalue weighted by atomic mass is 32.2. The summed E-state index contributed by atoms with van der Waals surface area (Å²) in [4.78, 5) is 5.90. The van der Waals surface area contributed by atoms with Gasteiger partial charge in [0.05, 0.1) is 21.8 Å². The number of benzene rings is 1. The molecule has 2 N–H and O–H groups in total. The molecule has 1 aromatic heterocycles. The van der Waals surface area contributed by atoms with Crippen molar-refractivity contribution in [1.82, 2.24) is 4.98 Å². The summed E-state index contributed by atoms with van der Waals surface area (Å²) in [5.41, 5.74) is 4.24. The molecular formula is C19H18FN5S. The van der Waals surface area contributed by atoms with Crippen LogP contribution in [0, 0.1) is 34.0 Å². The van der Waals surface area contributed by atoms with E-state index in [-0.39, 0.29) is 5.92 Å². The van der Waals surface area contributed by atoms with Gasteiger partial charge in [-0.05, 0) is 31.0 Å². The van der Waals surface area contributed by atoms with Crippen LogP contribution in [0.5, 0.6) is 0 Å². The second-order valence-corrected chi connectivity index (χ2v) is 6.96. The van der Waals surface area contributed by atoms with Crippen molar-refractivity contribution in [1.29, 1.82) is 16.1 Å². The molecule has 5 nitrogen and oxygen atoms in total. The van der Waals surface area contributed by atoms with Crippen LogP contribution in [0.25, 0.3) is 11.1 Å². The van der Waals surface area contributed by atoms with Gasteiger partial charge in [-0.1, -0.05) is 23.9 Å². The zero-order chi connectivity index (χ0) is 18.5. The fourth-order valence-electron chi connectivity index (χ4n) is 3.27. The number of hydrogen-bond donors (Lipinski definition) is 2. The zero-order valence-corrected chi connectivity index (χ0v) is 14.9. The van der Waals surface area contributed by atoms with E-state index in [1.165, 1.54) is 17.8 Å². The van der Waals surface area contributed by atoms with Crippen LogP contribution in [0.4, 0.5) is 10.1 Å². The van der Waals surface area contributed by atoms with Crippen molar-refractivity contribution in [2.75, 3.05) is 18.0 Å². The molecule has 1 fully saturated rings. The molecule has 0 radical (unpaired) electrons. The highest BCUT2D eigenvalue weighted by molar-refractivity contribution is 8.24. The Hall–Kier alpha value is -2.72. The number of nitrogens with one attached hydrogen (secondary N) is 2. The highest BCUT2D eigenvalue weighted by Gasteiger charge is 2.26. The standard InChI is InChI=1S/C19H18FN5S/c20-17-5-4-15(11-24-17)16-3-1-2-14(10-21)18(16)25-8-6-13(7-9-25)19(23)26-12-22/h1-5,11-13,22-23H,6-9H2. The zero-order valence-electron chi connectivity index (χ0n) is 14.1. The Morgan fingerprint density at radius 2 is 2.08 bits per heavy atom. The minimum Gasteiger partial charge on any atom is -0.370 e. The van der Waals surface area contributed by atoms with Gasteiger partial charge in [-0.3, -0.25) is 5.41 Å². The first-order valence-corrected chi connectivity index (χ1v) is 9.16. The molecule has 1 saturated heterocycles. The third kappa shape index (κ3) is 3.75. The van der Waals surface area contributed by atoms with Gasteiger partial charge in [0.25, 0.3) is 0 Å². The monoisotopic (exact) mass is 367 g/mol. The topological polar surface area (TPSA) is 87.6 Å². The quantitative estimate of drug-likeness (QED) is 0.479. The van der Waals surface area contributed by atoms with Crippen molar-refractivity contribution >= 4 is 28.0 Å².